The van der Waals surface area contributed by atoms with Crippen molar-refractivity contribution in [3.05, 3.63) is 35.9 Å². The molecule has 0 unspecified atom stereocenters. The van der Waals surface area contributed by atoms with E-state index in [1.54, 1.807) is 19.1 Å². The summed E-state index contributed by atoms with van der Waals surface area (Å²) in [5, 5.41) is 13.0. The van der Waals surface area contributed by atoms with Crippen LogP contribution in [0.2, 0.25) is 0 Å². The van der Waals surface area contributed by atoms with Crippen molar-refractivity contribution in [3.8, 4) is 11.8 Å². The van der Waals surface area contributed by atoms with Crippen LogP contribution in [0, 0.1) is 11.3 Å². The van der Waals surface area contributed by atoms with Crippen molar-refractivity contribution in [1.29, 1.82) is 5.26 Å². The summed E-state index contributed by atoms with van der Waals surface area (Å²) in [6.07, 6.45) is 2.95. The fraction of sp³-hybridized carbons (Fsp3) is 0.167. The summed E-state index contributed by atoms with van der Waals surface area (Å²) in [4.78, 5) is 15.5. The molecule has 2 aromatic rings. The monoisotopic (exact) mass is 257 g/mol. The molecule has 96 valence electrons. The number of anilines is 1. The Labute approximate surface area is 109 Å². The van der Waals surface area contributed by atoms with Gasteiger partial charge in [-0.2, -0.15) is 10.4 Å². The van der Waals surface area contributed by atoms with E-state index in [-0.39, 0.29) is 23.7 Å². The standard InChI is InChI=1S/C12H11N5O2/c1-2-19-12(18)11-8(14)7-17(16-11)10-4-3-5-15-9(10)6-13/h3-5,7H,2,14H2,1H3. The van der Waals surface area contributed by atoms with Gasteiger partial charge >= 0.3 is 5.97 Å². The van der Waals surface area contributed by atoms with Crippen molar-refractivity contribution in [3.63, 3.8) is 0 Å². The van der Waals surface area contributed by atoms with Gasteiger partial charge < -0.3 is 10.5 Å². The van der Waals surface area contributed by atoms with Gasteiger partial charge in [-0.15, -0.1) is 0 Å². The summed E-state index contributed by atoms with van der Waals surface area (Å²) in [6, 6.07) is 5.27. The maximum atomic E-state index is 11.6. The minimum Gasteiger partial charge on any atom is -0.461 e. The first-order valence-corrected chi connectivity index (χ1v) is 5.55. The smallest absolute Gasteiger partial charge is 0.361 e. The summed E-state index contributed by atoms with van der Waals surface area (Å²) in [5.41, 5.74) is 6.57. The molecule has 2 aromatic heterocycles. The molecule has 0 atom stereocenters. The van der Waals surface area contributed by atoms with Gasteiger partial charge in [0.15, 0.2) is 11.4 Å². The largest absolute Gasteiger partial charge is 0.461 e. The average Bonchev–Trinajstić information content (AvgIpc) is 2.81. The van der Waals surface area contributed by atoms with Crippen LogP contribution in [0.25, 0.3) is 5.69 Å². The zero-order chi connectivity index (χ0) is 13.8. The maximum Gasteiger partial charge on any atom is 0.361 e. The number of ether oxygens (including phenoxy) is 1. The molecule has 2 rings (SSSR count). The predicted octanol–water partition coefficient (Wildman–Crippen LogP) is 0.898. The summed E-state index contributed by atoms with van der Waals surface area (Å²) < 4.78 is 6.18. The highest BCUT2D eigenvalue weighted by Gasteiger charge is 2.17. The highest BCUT2D eigenvalue weighted by atomic mass is 16.5. The third-order valence-electron chi connectivity index (χ3n) is 2.35. The quantitative estimate of drug-likeness (QED) is 0.818. The molecule has 0 aliphatic carbocycles. The van der Waals surface area contributed by atoms with E-state index in [0.29, 0.717) is 5.69 Å². The summed E-state index contributed by atoms with van der Waals surface area (Å²) in [6.45, 7) is 1.93. The Kier molecular flexibility index (Phi) is 3.43. The van der Waals surface area contributed by atoms with Crippen molar-refractivity contribution >= 4 is 11.7 Å². The van der Waals surface area contributed by atoms with Crippen LogP contribution < -0.4 is 5.73 Å². The van der Waals surface area contributed by atoms with E-state index in [2.05, 4.69) is 10.1 Å². The van der Waals surface area contributed by atoms with Crippen molar-refractivity contribution in [2.75, 3.05) is 12.3 Å². The molecule has 7 nitrogen and oxygen atoms in total. The lowest BCUT2D eigenvalue weighted by molar-refractivity contribution is 0.0520. The van der Waals surface area contributed by atoms with Crippen LogP contribution in [0.5, 0.6) is 0 Å². The maximum absolute atomic E-state index is 11.6. The molecule has 0 radical (unpaired) electrons. The van der Waals surface area contributed by atoms with Crippen LogP contribution in [-0.4, -0.2) is 27.3 Å². The Morgan fingerprint density at radius 1 is 1.63 bits per heavy atom. The molecule has 2 N–H and O–H groups in total. The number of rotatable bonds is 3. The molecule has 0 saturated carbocycles. The van der Waals surface area contributed by atoms with Crippen LogP contribution in [-0.2, 0) is 4.74 Å². The highest BCUT2D eigenvalue weighted by Crippen LogP contribution is 2.16. The lowest BCUT2D eigenvalue weighted by Crippen LogP contribution is -2.08. The zero-order valence-electron chi connectivity index (χ0n) is 10.2. The predicted molar refractivity (Wildman–Crippen MR) is 66.4 cm³/mol. The van der Waals surface area contributed by atoms with Crippen molar-refractivity contribution in [1.82, 2.24) is 14.8 Å². The number of aromatic nitrogens is 3. The number of esters is 1. The number of carbonyl (C=O) groups excluding carboxylic acids is 1. The van der Waals surface area contributed by atoms with E-state index in [1.165, 1.54) is 17.1 Å². The average molecular weight is 257 g/mol. The van der Waals surface area contributed by atoms with Gasteiger partial charge in [-0.05, 0) is 19.1 Å². The normalized spacial score (nSPS) is 9.89. The van der Waals surface area contributed by atoms with Crippen LogP contribution in [0.3, 0.4) is 0 Å². The van der Waals surface area contributed by atoms with E-state index in [0.717, 1.165) is 0 Å². The van der Waals surface area contributed by atoms with E-state index in [9.17, 15) is 4.79 Å². The topological polar surface area (TPSA) is 107 Å². The van der Waals surface area contributed by atoms with E-state index < -0.39 is 5.97 Å². The van der Waals surface area contributed by atoms with Crippen LogP contribution in [0.4, 0.5) is 5.69 Å². The second-order valence-corrected chi connectivity index (χ2v) is 3.58. The lowest BCUT2D eigenvalue weighted by atomic mass is 10.3. The van der Waals surface area contributed by atoms with Gasteiger partial charge in [0, 0.05) is 6.20 Å². The molecular formula is C12H11N5O2. The van der Waals surface area contributed by atoms with Crippen LogP contribution in [0.1, 0.15) is 23.1 Å². The molecule has 0 aliphatic rings. The summed E-state index contributed by atoms with van der Waals surface area (Å²) in [7, 11) is 0. The van der Waals surface area contributed by atoms with Gasteiger partial charge in [-0.3, -0.25) is 0 Å². The number of nitrogens with two attached hydrogens (primary N) is 1. The van der Waals surface area contributed by atoms with Crippen LogP contribution >= 0.6 is 0 Å². The van der Waals surface area contributed by atoms with Crippen molar-refractivity contribution < 1.29 is 9.53 Å². The van der Waals surface area contributed by atoms with Gasteiger partial charge in [-0.25, -0.2) is 14.5 Å². The van der Waals surface area contributed by atoms with Crippen molar-refractivity contribution in [2.45, 2.75) is 6.92 Å². The first-order valence-electron chi connectivity index (χ1n) is 5.55. The first-order chi connectivity index (χ1) is 9.17. The van der Waals surface area contributed by atoms with Gasteiger partial charge in [0.1, 0.15) is 11.8 Å². The Balaban J connectivity index is 2.45. The molecule has 0 amide bonds. The number of carbonyl (C=O) groups is 1. The van der Waals surface area contributed by atoms with Gasteiger partial charge in [0.25, 0.3) is 0 Å². The molecule has 0 spiro atoms. The number of nitrogens with zero attached hydrogens (tertiary/aromatic N) is 4. The summed E-state index contributed by atoms with van der Waals surface area (Å²) >= 11 is 0. The second-order valence-electron chi connectivity index (χ2n) is 3.58. The molecule has 0 saturated heterocycles. The third-order valence-corrected chi connectivity index (χ3v) is 2.35. The van der Waals surface area contributed by atoms with E-state index >= 15 is 0 Å². The van der Waals surface area contributed by atoms with Crippen molar-refractivity contribution in [2.24, 2.45) is 0 Å². The fourth-order valence-corrected chi connectivity index (χ4v) is 1.54. The lowest BCUT2D eigenvalue weighted by Gasteiger charge is -2.01. The Bertz CT molecular complexity index is 656. The number of nitrogen functional groups attached to an aromatic ring is 1. The molecule has 0 bridgehead atoms. The van der Waals surface area contributed by atoms with E-state index in [1.807, 2.05) is 6.07 Å². The molecule has 2 heterocycles. The van der Waals surface area contributed by atoms with Gasteiger partial charge in [0.05, 0.1) is 18.5 Å². The Morgan fingerprint density at radius 3 is 3.11 bits per heavy atom. The minimum absolute atomic E-state index is 0.0228. The molecule has 0 aromatic carbocycles. The van der Waals surface area contributed by atoms with Gasteiger partial charge in [0.2, 0.25) is 0 Å². The highest BCUT2D eigenvalue weighted by molar-refractivity contribution is 5.92. The third kappa shape index (κ3) is 2.37. The second kappa shape index (κ2) is 5.18. The minimum atomic E-state index is -0.596. The number of hydrogen-bond donors (Lipinski definition) is 1. The van der Waals surface area contributed by atoms with Crippen LogP contribution in [0.15, 0.2) is 24.5 Å². The number of nitriles is 1. The fourth-order valence-electron chi connectivity index (χ4n) is 1.54. The molecular weight excluding hydrogens is 246 g/mol. The van der Waals surface area contributed by atoms with E-state index in [4.69, 9.17) is 15.7 Å². The molecule has 19 heavy (non-hydrogen) atoms. The number of hydrogen-bond acceptors (Lipinski definition) is 6. The summed E-state index contributed by atoms with van der Waals surface area (Å²) in [5.74, 6) is -0.596. The van der Waals surface area contributed by atoms with Gasteiger partial charge in [-0.1, -0.05) is 0 Å². The molecule has 0 fully saturated rings. The Morgan fingerprint density at radius 2 is 2.42 bits per heavy atom. The Hall–Kier alpha value is -2.88. The molecule has 0 aliphatic heterocycles. The number of pyridine rings is 1. The SMILES string of the molecule is CCOC(=O)c1nn(-c2cccnc2C#N)cc1N. The first kappa shape index (κ1) is 12.6. The zero-order valence-corrected chi connectivity index (χ0v) is 10.2. The molecule has 7 heteroatoms.